The summed E-state index contributed by atoms with van der Waals surface area (Å²) >= 11 is 0. The predicted molar refractivity (Wildman–Crippen MR) is 92.2 cm³/mol. The Morgan fingerprint density at radius 1 is 1.26 bits per heavy atom. The van der Waals surface area contributed by atoms with Gasteiger partial charge < -0.3 is 9.88 Å². The van der Waals surface area contributed by atoms with Crippen molar-refractivity contribution in [3.05, 3.63) is 63.1 Å². The van der Waals surface area contributed by atoms with Gasteiger partial charge in [-0.15, -0.1) is 0 Å². The SMILES string of the molecule is CCc1ccccc1NC(=O)c1c(C)cc(C)n(C2CC2)c1=O. The zero-order chi connectivity index (χ0) is 16.6. The van der Waals surface area contributed by atoms with Gasteiger partial charge in [-0.2, -0.15) is 0 Å². The number of aryl methyl sites for hydroxylation is 3. The van der Waals surface area contributed by atoms with Crippen LogP contribution in [0.4, 0.5) is 5.69 Å². The highest BCUT2D eigenvalue weighted by Crippen LogP contribution is 2.34. The molecule has 1 saturated carbocycles. The third kappa shape index (κ3) is 2.93. The molecular weight excluding hydrogens is 288 g/mol. The first-order chi connectivity index (χ1) is 11.0. The molecular formula is C19H22N2O2. The second-order valence-electron chi connectivity index (χ2n) is 6.21. The summed E-state index contributed by atoms with van der Waals surface area (Å²) in [6, 6.07) is 9.89. The number of aromatic nitrogens is 1. The minimum absolute atomic E-state index is 0.170. The summed E-state index contributed by atoms with van der Waals surface area (Å²) in [7, 11) is 0. The molecule has 1 aliphatic carbocycles. The zero-order valence-corrected chi connectivity index (χ0v) is 13.8. The largest absolute Gasteiger partial charge is 0.322 e. The molecule has 4 heteroatoms. The van der Waals surface area contributed by atoms with Gasteiger partial charge in [-0.3, -0.25) is 9.59 Å². The third-order valence-electron chi connectivity index (χ3n) is 4.42. The van der Waals surface area contributed by atoms with Gasteiger partial charge >= 0.3 is 0 Å². The van der Waals surface area contributed by atoms with Crippen LogP contribution in [0.2, 0.25) is 0 Å². The van der Waals surface area contributed by atoms with Gasteiger partial charge in [0, 0.05) is 17.4 Å². The molecule has 23 heavy (non-hydrogen) atoms. The van der Waals surface area contributed by atoms with Crippen LogP contribution in [-0.2, 0) is 6.42 Å². The maximum atomic E-state index is 12.8. The Balaban J connectivity index is 2.00. The fourth-order valence-electron chi connectivity index (χ4n) is 3.10. The molecule has 0 spiro atoms. The number of amides is 1. The first-order valence-corrected chi connectivity index (χ1v) is 8.15. The second kappa shape index (κ2) is 6.03. The van der Waals surface area contributed by atoms with Crippen LogP contribution < -0.4 is 10.9 Å². The van der Waals surface area contributed by atoms with Crippen molar-refractivity contribution >= 4 is 11.6 Å². The molecule has 1 aliphatic rings. The summed E-state index contributed by atoms with van der Waals surface area (Å²) in [5.41, 5.74) is 3.59. The lowest BCUT2D eigenvalue weighted by atomic mass is 10.1. The van der Waals surface area contributed by atoms with E-state index in [9.17, 15) is 9.59 Å². The van der Waals surface area contributed by atoms with Crippen LogP contribution in [0.5, 0.6) is 0 Å². The van der Waals surface area contributed by atoms with Gasteiger partial charge in [0.2, 0.25) is 0 Å². The van der Waals surface area contributed by atoms with Crippen LogP contribution in [-0.4, -0.2) is 10.5 Å². The highest BCUT2D eigenvalue weighted by Gasteiger charge is 2.28. The molecule has 0 unspecified atom stereocenters. The highest BCUT2D eigenvalue weighted by molar-refractivity contribution is 6.05. The minimum atomic E-state index is -0.317. The molecule has 0 radical (unpaired) electrons. The minimum Gasteiger partial charge on any atom is -0.322 e. The molecule has 3 rings (SSSR count). The lowest BCUT2D eigenvalue weighted by Gasteiger charge is -2.15. The van der Waals surface area contributed by atoms with E-state index in [1.165, 1.54) is 0 Å². The van der Waals surface area contributed by atoms with Crippen LogP contribution in [0.15, 0.2) is 35.1 Å². The van der Waals surface area contributed by atoms with Gasteiger partial charge in [-0.05, 0) is 56.4 Å². The lowest BCUT2D eigenvalue weighted by molar-refractivity contribution is 0.102. The average Bonchev–Trinajstić information content (AvgIpc) is 3.32. The maximum absolute atomic E-state index is 12.8. The van der Waals surface area contributed by atoms with Crippen LogP contribution in [0.3, 0.4) is 0 Å². The van der Waals surface area contributed by atoms with E-state index < -0.39 is 0 Å². The van der Waals surface area contributed by atoms with E-state index in [2.05, 4.69) is 5.32 Å². The number of nitrogens with zero attached hydrogens (tertiary/aromatic N) is 1. The standard InChI is InChI=1S/C19H22N2O2/c1-4-14-7-5-6-8-16(14)20-18(22)17-12(2)11-13(3)21(19(17)23)15-9-10-15/h5-8,11,15H,4,9-10H2,1-3H3,(H,20,22). The average molecular weight is 310 g/mol. The Bertz CT molecular complexity index is 817. The second-order valence-corrected chi connectivity index (χ2v) is 6.21. The predicted octanol–water partition coefficient (Wildman–Crippen LogP) is 3.61. The normalized spacial score (nSPS) is 13.9. The summed E-state index contributed by atoms with van der Waals surface area (Å²) < 4.78 is 1.77. The highest BCUT2D eigenvalue weighted by atomic mass is 16.2. The summed E-state index contributed by atoms with van der Waals surface area (Å²) in [4.78, 5) is 25.5. The number of hydrogen-bond donors (Lipinski definition) is 1. The number of pyridine rings is 1. The molecule has 1 aromatic carbocycles. The van der Waals surface area contributed by atoms with Crippen LogP contribution in [0, 0.1) is 13.8 Å². The number of rotatable bonds is 4. The van der Waals surface area contributed by atoms with Crippen LogP contribution in [0.1, 0.15) is 53.0 Å². The van der Waals surface area contributed by atoms with Crippen molar-refractivity contribution in [1.29, 1.82) is 0 Å². The van der Waals surface area contributed by atoms with Crippen molar-refractivity contribution in [1.82, 2.24) is 4.57 Å². The molecule has 2 aromatic rings. The molecule has 0 saturated heterocycles. The Hall–Kier alpha value is -2.36. The topological polar surface area (TPSA) is 51.1 Å². The molecule has 4 nitrogen and oxygen atoms in total. The van der Waals surface area contributed by atoms with E-state index in [4.69, 9.17) is 0 Å². The number of carbonyl (C=O) groups excluding carboxylic acids is 1. The summed E-state index contributed by atoms with van der Waals surface area (Å²) in [5.74, 6) is -0.317. The quantitative estimate of drug-likeness (QED) is 0.938. The van der Waals surface area contributed by atoms with Gasteiger partial charge in [-0.25, -0.2) is 0 Å². The van der Waals surface area contributed by atoms with E-state index >= 15 is 0 Å². The van der Waals surface area contributed by atoms with E-state index in [0.29, 0.717) is 0 Å². The molecule has 1 N–H and O–H groups in total. The molecule has 0 atom stereocenters. The molecule has 1 aromatic heterocycles. The first kappa shape index (κ1) is 15.5. The summed E-state index contributed by atoms with van der Waals surface area (Å²) in [5, 5.41) is 2.91. The molecule has 1 amide bonds. The van der Waals surface area contributed by atoms with Crippen molar-refractivity contribution in [3.8, 4) is 0 Å². The Labute approximate surface area is 136 Å². The number of carbonyl (C=O) groups is 1. The molecule has 0 bridgehead atoms. The number of hydrogen-bond acceptors (Lipinski definition) is 2. The van der Waals surface area contributed by atoms with Gasteiger partial charge in [0.15, 0.2) is 0 Å². The number of para-hydroxylation sites is 1. The number of anilines is 1. The van der Waals surface area contributed by atoms with Gasteiger partial charge in [0.05, 0.1) is 0 Å². The fourth-order valence-corrected chi connectivity index (χ4v) is 3.10. The third-order valence-corrected chi connectivity index (χ3v) is 4.42. The van der Waals surface area contributed by atoms with Crippen molar-refractivity contribution in [2.24, 2.45) is 0 Å². The fraction of sp³-hybridized carbons (Fsp3) is 0.368. The van der Waals surface area contributed by atoms with Crippen molar-refractivity contribution < 1.29 is 4.79 Å². The Kier molecular flexibility index (Phi) is 4.07. The molecule has 1 heterocycles. The first-order valence-electron chi connectivity index (χ1n) is 8.15. The van der Waals surface area contributed by atoms with Gasteiger partial charge in [0.1, 0.15) is 5.56 Å². The van der Waals surface area contributed by atoms with E-state index in [1.54, 1.807) is 4.57 Å². The monoisotopic (exact) mass is 310 g/mol. The number of nitrogens with one attached hydrogen (secondary N) is 1. The number of benzene rings is 1. The summed E-state index contributed by atoms with van der Waals surface area (Å²) in [6.07, 6.45) is 2.86. The van der Waals surface area contributed by atoms with Crippen molar-refractivity contribution in [2.75, 3.05) is 5.32 Å². The molecule has 1 fully saturated rings. The molecule has 120 valence electrons. The lowest BCUT2D eigenvalue weighted by Crippen LogP contribution is -2.31. The zero-order valence-electron chi connectivity index (χ0n) is 13.8. The maximum Gasteiger partial charge on any atom is 0.264 e. The Morgan fingerprint density at radius 2 is 1.96 bits per heavy atom. The van der Waals surface area contributed by atoms with Crippen LogP contribution >= 0.6 is 0 Å². The summed E-state index contributed by atoms with van der Waals surface area (Å²) in [6.45, 7) is 5.80. The smallest absolute Gasteiger partial charge is 0.264 e. The molecule has 0 aliphatic heterocycles. The Morgan fingerprint density at radius 3 is 2.61 bits per heavy atom. The van der Waals surface area contributed by atoms with Gasteiger partial charge in [-0.1, -0.05) is 25.1 Å². The van der Waals surface area contributed by atoms with Crippen LogP contribution in [0.25, 0.3) is 0 Å². The van der Waals surface area contributed by atoms with Gasteiger partial charge in [0.25, 0.3) is 11.5 Å². The van der Waals surface area contributed by atoms with E-state index in [1.807, 2.05) is 51.1 Å². The van der Waals surface area contributed by atoms with Crippen molar-refractivity contribution in [2.45, 2.75) is 46.1 Å². The van der Waals surface area contributed by atoms with E-state index in [0.717, 1.165) is 41.8 Å². The van der Waals surface area contributed by atoms with E-state index in [-0.39, 0.29) is 23.1 Å². The van der Waals surface area contributed by atoms with Crippen molar-refractivity contribution in [3.63, 3.8) is 0 Å².